The van der Waals surface area contributed by atoms with Crippen molar-refractivity contribution in [3.8, 4) is 0 Å². The predicted octanol–water partition coefficient (Wildman–Crippen LogP) is 4.15. The number of nitrogens with zero attached hydrogens (tertiary/aromatic N) is 4. The molecule has 0 bridgehead atoms. The van der Waals surface area contributed by atoms with Gasteiger partial charge in [-0.1, -0.05) is 30.3 Å². The second-order valence-corrected chi connectivity index (χ2v) is 6.98. The van der Waals surface area contributed by atoms with Gasteiger partial charge in [-0.15, -0.1) is 0 Å². The van der Waals surface area contributed by atoms with E-state index in [1.165, 1.54) is 30.5 Å². The fourth-order valence-corrected chi connectivity index (χ4v) is 3.57. The molecule has 2 atom stereocenters. The normalized spacial score (nSPS) is 21.6. The molecule has 128 valence electrons. The molecule has 1 saturated heterocycles. The van der Waals surface area contributed by atoms with Crippen molar-refractivity contribution in [1.82, 2.24) is 14.8 Å². The summed E-state index contributed by atoms with van der Waals surface area (Å²) in [4.78, 5) is 0. The minimum absolute atomic E-state index is 0.518. The van der Waals surface area contributed by atoms with Crippen LogP contribution < -0.4 is 0 Å². The molecule has 4 heteroatoms. The standard InChI is InChI=1S/C20H28N4/c1-15-9-8-10-16(2)24(15)21-13-20-17(3)22-23(18(20)4)14-19-11-6-5-7-12-19/h5-7,11-13,15-16H,8-10,14H2,1-4H3/t15-,16-/m1/s1. The van der Waals surface area contributed by atoms with E-state index in [1.54, 1.807) is 0 Å². The first-order valence-corrected chi connectivity index (χ1v) is 8.96. The van der Waals surface area contributed by atoms with E-state index >= 15 is 0 Å². The van der Waals surface area contributed by atoms with E-state index in [9.17, 15) is 0 Å². The lowest BCUT2D eigenvalue weighted by Crippen LogP contribution is -2.39. The average Bonchev–Trinajstić information content (AvgIpc) is 2.82. The lowest BCUT2D eigenvalue weighted by molar-refractivity contribution is 0.109. The number of hydrazone groups is 1. The minimum Gasteiger partial charge on any atom is -0.292 e. The highest BCUT2D eigenvalue weighted by atomic mass is 15.5. The Morgan fingerprint density at radius 3 is 2.46 bits per heavy atom. The molecule has 2 heterocycles. The van der Waals surface area contributed by atoms with E-state index in [4.69, 9.17) is 10.2 Å². The summed E-state index contributed by atoms with van der Waals surface area (Å²) >= 11 is 0. The van der Waals surface area contributed by atoms with Gasteiger partial charge in [-0.25, -0.2) is 0 Å². The van der Waals surface area contributed by atoms with Gasteiger partial charge < -0.3 is 0 Å². The maximum Gasteiger partial charge on any atom is 0.0685 e. The third kappa shape index (κ3) is 3.53. The fourth-order valence-electron chi connectivity index (χ4n) is 3.57. The van der Waals surface area contributed by atoms with Crippen LogP contribution in [0, 0.1) is 13.8 Å². The van der Waals surface area contributed by atoms with Gasteiger partial charge in [-0.05, 0) is 52.5 Å². The van der Waals surface area contributed by atoms with E-state index in [1.807, 2.05) is 12.3 Å². The van der Waals surface area contributed by atoms with Gasteiger partial charge in [0.25, 0.3) is 0 Å². The van der Waals surface area contributed by atoms with E-state index in [0.29, 0.717) is 12.1 Å². The maximum atomic E-state index is 4.81. The quantitative estimate of drug-likeness (QED) is 0.792. The first-order valence-electron chi connectivity index (χ1n) is 8.96. The first kappa shape index (κ1) is 16.7. The molecule has 0 spiro atoms. The Kier molecular flexibility index (Phi) is 5.03. The van der Waals surface area contributed by atoms with Crippen LogP contribution in [0.3, 0.4) is 0 Å². The number of hydrogen-bond donors (Lipinski definition) is 0. The van der Waals surface area contributed by atoms with Crippen LogP contribution in [0.2, 0.25) is 0 Å². The molecule has 0 saturated carbocycles. The molecule has 1 aromatic carbocycles. The number of rotatable bonds is 4. The van der Waals surface area contributed by atoms with Crippen LogP contribution in [-0.2, 0) is 6.54 Å². The van der Waals surface area contributed by atoms with Crippen LogP contribution in [0.5, 0.6) is 0 Å². The van der Waals surface area contributed by atoms with Crippen LogP contribution in [0.4, 0.5) is 0 Å². The smallest absolute Gasteiger partial charge is 0.0685 e. The molecule has 0 unspecified atom stereocenters. The highest BCUT2D eigenvalue weighted by Gasteiger charge is 2.23. The Morgan fingerprint density at radius 1 is 1.12 bits per heavy atom. The van der Waals surface area contributed by atoms with Crippen molar-refractivity contribution >= 4 is 6.21 Å². The molecule has 0 radical (unpaired) electrons. The Bertz CT molecular complexity index is 692. The molecule has 0 N–H and O–H groups in total. The lowest BCUT2D eigenvalue weighted by atomic mass is 10.00. The van der Waals surface area contributed by atoms with Crippen molar-refractivity contribution in [3.63, 3.8) is 0 Å². The maximum absolute atomic E-state index is 4.81. The van der Waals surface area contributed by atoms with Crippen molar-refractivity contribution in [1.29, 1.82) is 0 Å². The SMILES string of the molecule is Cc1nn(Cc2ccccc2)c(C)c1C=NN1[C@H](C)CCC[C@H]1C. The van der Waals surface area contributed by atoms with Gasteiger partial charge in [0.05, 0.1) is 18.5 Å². The van der Waals surface area contributed by atoms with E-state index < -0.39 is 0 Å². The summed E-state index contributed by atoms with van der Waals surface area (Å²) in [5.74, 6) is 0. The molecule has 1 aliphatic rings. The first-order chi connectivity index (χ1) is 11.6. The van der Waals surface area contributed by atoms with E-state index in [-0.39, 0.29) is 0 Å². The van der Waals surface area contributed by atoms with Gasteiger partial charge in [0.1, 0.15) is 0 Å². The summed E-state index contributed by atoms with van der Waals surface area (Å²) < 4.78 is 2.08. The molecule has 2 aromatic rings. The largest absolute Gasteiger partial charge is 0.292 e. The van der Waals surface area contributed by atoms with Crippen molar-refractivity contribution < 1.29 is 0 Å². The highest BCUT2D eigenvalue weighted by molar-refractivity contribution is 5.82. The van der Waals surface area contributed by atoms with Crippen molar-refractivity contribution in [3.05, 3.63) is 52.8 Å². The predicted molar refractivity (Wildman–Crippen MR) is 99.5 cm³/mol. The third-order valence-electron chi connectivity index (χ3n) is 5.08. The van der Waals surface area contributed by atoms with Gasteiger partial charge in [-0.3, -0.25) is 9.69 Å². The van der Waals surface area contributed by atoms with Gasteiger partial charge in [0, 0.05) is 23.3 Å². The molecule has 0 aliphatic carbocycles. The molecular formula is C20H28N4. The summed E-state index contributed by atoms with van der Waals surface area (Å²) in [6, 6.07) is 11.5. The number of aromatic nitrogens is 2. The molecule has 1 aromatic heterocycles. The monoisotopic (exact) mass is 324 g/mol. The van der Waals surface area contributed by atoms with Gasteiger partial charge in [0.2, 0.25) is 0 Å². The summed E-state index contributed by atoms with van der Waals surface area (Å²) in [7, 11) is 0. The zero-order valence-electron chi connectivity index (χ0n) is 15.2. The second-order valence-electron chi connectivity index (χ2n) is 6.98. The van der Waals surface area contributed by atoms with Gasteiger partial charge in [0.15, 0.2) is 0 Å². The molecule has 1 fully saturated rings. The van der Waals surface area contributed by atoms with Crippen LogP contribution in [0.1, 0.15) is 55.6 Å². The summed E-state index contributed by atoms with van der Waals surface area (Å²) in [6.45, 7) is 9.54. The van der Waals surface area contributed by atoms with Crippen LogP contribution in [-0.4, -0.2) is 33.1 Å². The zero-order chi connectivity index (χ0) is 17.1. The van der Waals surface area contributed by atoms with Crippen molar-refractivity contribution in [2.24, 2.45) is 5.10 Å². The summed E-state index contributed by atoms with van der Waals surface area (Å²) in [5.41, 5.74) is 4.64. The Labute approximate surface area is 145 Å². The average molecular weight is 324 g/mol. The second kappa shape index (κ2) is 7.20. The van der Waals surface area contributed by atoms with Gasteiger partial charge in [-0.2, -0.15) is 10.2 Å². The molecule has 1 aliphatic heterocycles. The summed E-state index contributed by atoms with van der Waals surface area (Å²) in [6.07, 6.45) is 5.78. The lowest BCUT2D eigenvalue weighted by Gasteiger charge is -2.36. The van der Waals surface area contributed by atoms with Crippen LogP contribution >= 0.6 is 0 Å². The molecular weight excluding hydrogens is 296 g/mol. The number of hydrogen-bond acceptors (Lipinski definition) is 3. The summed E-state index contributed by atoms with van der Waals surface area (Å²) in [5, 5.41) is 11.8. The third-order valence-corrected chi connectivity index (χ3v) is 5.08. The molecule has 24 heavy (non-hydrogen) atoms. The van der Waals surface area contributed by atoms with Crippen molar-refractivity contribution in [2.45, 2.75) is 65.6 Å². The molecule has 0 amide bonds. The number of aryl methyl sites for hydroxylation is 1. The highest BCUT2D eigenvalue weighted by Crippen LogP contribution is 2.23. The number of piperidine rings is 1. The number of benzene rings is 1. The topological polar surface area (TPSA) is 33.4 Å². The van der Waals surface area contributed by atoms with Crippen LogP contribution in [0.25, 0.3) is 0 Å². The molecule has 3 rings (SSSR count). The van der Waals surface area contributed by atoms with E-state index in [0.717, 1.165) is 17.8 Å². The fraction of sp³-hybridized carbons (Fsp3) is 0.500. The Hall–Kier alpha value is -2.10. The molecule has 4 nitrogen and oxygen atoms in total. The Morgan fingerprint density at radius 2 is 1.79 bits per heavy atom. The van der Waals surface area contributed by atoms with E-state index in [2.05, 4.69) is 61.7 Å². The van der Waals surface area contributed by atoms with Gasteiger partial charge >= 0.3 is 0 Å². The van der Waals surface area contributed by atoms with Crippen molar-refractivity contribution in [2.75, 3.05) is 0 Å². The van der Waals surface area contributed by atoms with Crippen LogP contribution in [0.15, 0.2) is 35.4 Å². The Balaban J connectivity index is 1.80. The zero-order valence-corrected chi connectivity index (χ0v) is 15.2. The minimum atomic E-state index is 0.518.